The summed E-state index contributed by atoms with van der Waals surface area (Å²) in [6.45, 7) is 4.01. The van der Waals surface area contributed by atoms with Crippen molar-refractivity contribution in [1.82, 2.24) is 29.9 Å². The van der Waals surface area contributed by atoms with Gasteiger partial charge >= 0.3 is 0 Å². The molecule has 1 fully saturated rings. The number of nitrogens with zero attached hydrogens (tertiary/aromatic N) is 6. The Labute approximate surface area is 138 Å². The van der Waals surface area contributed by atoms with E-state index < -0.39 is 0 Å². The second-order valence-electron chi connectivity index (χ2n) is 5.70. The van der Waals surface area contributed by atoms with Gasteiger partial charge in [0.15, 0.2) is 11.0 Å². The summed E-state index contributed by atoms with van der Waals surface area (Å²) in [5, 5.41) is 19.0. The average Bonchev–Trinajstić information content (AvgIpc) is 3.32. The molecule has 4 rings (SSSR count). The van der Waals surface area contributed by atoms with Crippen LogP contribution < -0.4 is 0 Å². The van der Waals surface area contributed by atoms with Crippen molar-refractivity contribution < 1.29 is 0 Å². The van der Waals surface area contributed by atoms with Crippen LogP contribution in [0.25, 0.3) is 11.4 Å². The minimum atomic E-state index is 0.482. The van der Waals surface area contributed by atoms with Gasteiger partial charge in [-0.3, -0.25) is 9.55 Å². The maximum atomic E-state index is 4.40. The van der Waals surface area contributed by atoms with Gasteiger partial charge in [0, 0.05) is 24.0 Å². The second kappa shape index (κ2) is 5.73. The van der Waals surface area contributed by atoms with Crippen molar-refractivity contribution in [3.8, 4) is 11.4 Å². The quantitative estimate of drug-likeness (QED) is 0.734. The molecule has 23 heavy (non-hydrogen) atoms. The lowest BCUT2D eigenvalue weighted by molar-refractivity contribution is 0.668. The van der Waals surface area contributed by atoms with Crippen molar-refractivity contribution in [2.45, 2.75) is 42.9 Å². The van der Waals surface area contributed by atoms with E-state index in [1.165, 1.54) is 24.6 Å². The van der Waals surface area contributed by atoms with E-state index in [-0.39, 0.29) is 0 Å². The smallest absolute Gasteiger partial charge is 0.198 e. The molecule has 7 heteroatoms. The van der Waals surface area contributed by atoms with E-state index in [2.05, 4.69) is 29.9 Å². The van der Waals surface area contributed by atoms with Crippen LogP contribution in [0.2, 0.25) is 0 Å². The highest BCUT2D eigenvalue weighted by atomic mass is 32.2. The first-order chi connectivity index (χ1) is 11.2. The molecule has 1 aliphatic carbocycles. The lowest BCUT2D eigenvalue weighted by Crippen LogP contribution is -2.00. The molecule has 0 aromatic carbocycles. The molecular formula is C16H16N6S. The normalized spacial score (nSPS) is 14.2. The Morgan fingerprint density at radius 1 is 1.04 bits per heavy atom. The van der Waals surface area contributed by atoms with Gasteiger partial charge in [0.25, 0.3) is 0 Å². The van der Waals surface area contributed by atoms with E-state index in [1.54, 1.807) is 12.4 Å². The van der Waals surface area contributed by atoms with E-state index in [4.69, 9.17) is 0 Å². The summed E-state index contributed by atoms with van der Waals surface area (Å²) < 4.78 is 2.22. The summed E-state index contributed by atoms with van der Waals surface area (Å²) in [6, 6.07) is 6.46. The Kier molecular flexibility index (Phi) is 3.57. The highest BCUT2D eigenvalue weighted by molar-refractivity contribution is 7.99. The molecule has 0 N–H and O–H groups in total. The molecule has 3 aromatic rings. The van der Waals surface area contributed by atoms with E-state index in [0.29, 0.717) is 6.04 Å². The van der Waals surface area contributed by atoms with Crippen LogP contribution in [-0.2, 0) is 0 Å². The Morgan fingerprint density at radius 3 is 2.52 bits per heavy atom. The largest absolute Gasteiger partial charge is 0.299 e. The van der Waals surface area contributed by atoms with E-state index in [1.807, 2.05) is 32.0 Å². The summed E-state index contributed by atoms with van der Waals surface area (Å²) in [5.74, 6) is 0.897. The third-order valence-corrected chi connectivity index (χ3v) is 4.79. The third kappa shape index (κ3) is 2.84. The van der Waals surface area contributed by atoms with Crippen LogP contribution in [0.5, 0.6) is 0 Å². The average molecular weight is 324 g/mol. The van der Waals surface area contributed by atoms with Crippen LogP contribution in [0.15, 0.2) is 40.8 Å². The standard InChI is InChI=1S/C16H16N6S/c1-10-9-14(19-18-11(10)2)23-16-21-20-15(22(16)13-3-4-13)12-5-7-17-8-6-12/h5-9,13H,3-4H2,1-2H3. The second-order valence-corrected chi connectivity index (χ2v) is 6.68. The molecule has 3 heterocycles. The van der Waals surface area contributed by atoms with Crippen molar-refractivity contribution in [3.05, 3.63) is 41.9 Å². The van der Waals surface area contributed by atoms with Crippen molar-refractivity contribution >= 4 is 11.8 Å². The highest BCUT2D eigenvalue weighted by Crippen LogP contribution is 2.42. The molecule has 0 atom stereocenters. The van der Waals surface area contributed by atoms with Crippen LogP contribution in [0, 0.1) is 13.8 Å². The minimum Gasteiger partial charge on any atom is -0.299 e. The zero-order chi connectivity index (χ0) is 15.8. The van der Waals surface area contributed by atoms with Gasteiger partial charge in [-0.05, 0) is 62.2 Å². The molecule has 0 saturated heterocycles. The maximum Gasteiger partial charge on any atom is 0.198 e. The molecular weight excluding hydrogens is 308 g/mol. The topological polar surface area (TPSA) is 69.4 Å². The van der Waals surface area contributed by atoms with Gasteiger partial charge in [-0.15, -0.1) is 15.3 Å². The number of hydrogen-bond acceptors (Lipinski definition) is 6. The van der Waals surface area contributed by atoms with Gasteiger partial charge in [-0.2, -0.15) is 5.10 Å². The molecule has 116 valence electrons. The van der Waals surface area contributed by atoms with Crippen molar-refractivity contribution in [1.29, 1.82) is 0 Å². The summed E-state index contributed by atoms with van der Waals surface area (Å²) >= 11 is 1.52. The zero-order valence-corrected chi connectivity index (χ0v) is 13.8. The van der Waals surface area contributed by atoms with E-state index >= 15 is 0 Å². The monoisotopic (exact) mass is 324 g/mol. The SMILES string of the molecule is Cc1cc(Sc2nnc(-c3ccncc3)n2C2CC2)nnc1C. The Bertz CT molecular complexity index is 841. The van der Waals surface area contributed by atoms with Gasteiger partial charge < -0.3 is 0 Å². The number of aryl methyl sites for hydroxylation is 2. The molecule has 0 bridgehead atoms. The first-order valence-corrected chi connectivity index (χ1v) is 8.38. The van der Waals surface area contributed by atoms with Crippen LogP contribution in [0.4, 0.5) is 0 Å². The third-order valence-electron chi connectivity index (χ3n) is 3.92. The number of hydrogen-bond donors (Lipinski definition) is 0. The first-order valence-electron chi connectivity index (χ1n) is 7.56. The summed E-state index contributed by atoms with van der Waals surface area (Å²) in [5.41, 5.74) is 3.13. The van der Waals surface area contributed by atoms with Gasteiger partial charge in [-0.25, -0.2) is 0 Å². The molecule has 3 aromatic heterocycles. The van der Waals surface area contributed by atoms with Gasteiger partial charge in [0.05, 0.1) is 5.69 Å². The molecule has 0 radical (unpaired) electrons. The lowest BCUT2D eigenvalue weighted by atomic mass is 10.2. The molecule has 0 aliphatic heterocycles. The number of aromatic nitrogens is 6. The zero-order valence-electron chi connectivity index (χ0n) is 13.0. The summed E-state index contributed by atoms with van der Waals surface area (Å²) in [6.07, 6.45) is 5.90. The Balaban J connectivity index is 1.72. The van der Waals surface area contributed by atoms with Crippen LogP contribution in [0.3, 0.4) is 0 Å². The first kappa shape index (κ1) is 14.3. The van der Waals surface area contributed by atoms with Crippen molar-refractivity contribution in [2.24, 2.45) is 0 Å². The van der Waals surface area contributed by atoms with Crippen LogP contribution in [-0.4, -0.2) is 29.9 Å². The molecule has 0 spiro atoms. The molecule has 1 aliphatic rings. The minimum absolute atomic E-state index is 0.482. The number of pyridine rings is 1. The predicted molar refractivity (Wildman–Crippen MR) is 87.2 cm³/mol. The maximum absolute atomic E-state index is 4.40. The molecule has 0 unspecified atom stereocenters. The number of rotatable bonds is 4. The van der Waals surface area contributed by atoms with Crippen molar-refractivity contribution in [2.75, 3.05) is 0 Å². The fraction of sp³-hybridized carbons (Fsp3) is 0.312. The van der Waals surface area contributed by atoms with E-state index in [0.717, 1.165) is 32.8 Å². The van der Waals surface area contributed by atoms with Crippen LogP contribution in [0.1, 0.15) is 30.1 Å². The van der Waals surface area contributed by atoms with Gasteiger partial charge in [0.2, 0.25) is 0 Å². The molecule has 6 nitrogen and oxygen atoms in total. The molecule has 0 amide bonds. The van der Waals surface area contributed by atoms with Gasteiger partial charge in [-0.1, -0.05) is 0 Å². The Morgan fingerprint density at radius 2 is 1.83 bits per heavy atom. The highest BCUT2D eigenvalue weighted by Gasteiger charge is 2.30. The van der Waals surface area contributed by atoms with Crippen molar-refractivity contribution in [3.63, 3.8) is 0 Å². The summed E-state index contributed by atoms with van der Waals surface area (Å²) in [7, 11) is 0. The van der Waals surface area contributed by atoms with E-state index in [9.17, 15) is 0 Å². The van der Waals surface area contributed by atoms with Gasteiger partial charge in [0.1, 0.15) is 5.03 Å². The lowest BCUT2D eigenvalue weighted by Gasteiger charge is -2.08. The fourth-order valence-corrected chi connectivity index (χ4v) is 3.29. The fourth-order valence-electron chi connectivity index (χ4n) is 2.37. The van der Waals surface area contributed by atoms with Crippen LogP contribution >= 0.6 is 11.8 Å². The summed E-state index contributed by atoms with van der Waals surface area (Å²) in [4.78, 5) is 4.07. The predicted octanol–water partition coefficient (Wildman–Crippen LogP) is 3.23. The Hall–Kier alpha value is -2.28. The molecule has 1 saturated carbocycles.